The number of hydrogen-bond donors (Lipinski definition) is 15. The average molecular weight is 1110 g/mol. The Balaban J connectivity index is 6.84. The summed E-state index contributed by atoms with van der Waals surface area (Å²) < 4.78 is 0. The van der Waals surface area contributed by atoms with Crippen LogP contribution in [0.1, 0.15) is 158 Å². The molecule has 0 aliphatic rings. The molecule has 0 aliphatic carbocycles. The first kappa shape index (κ1) is 71.5. The number of carbonyl (C=O) groups excluding carboxylic acids is 8. The van der Waals surface area contributed by atoms with E-state index in [2.05, 4.69) is 42.5 Å². The van der Waals surface area contributed by atoms with Gasteiger partial charge in [-0.25, -0.2) is 4.79 Å². The molecule has 9 atom stereocenters. The molecule has 446 valence electrons. The van der Waals surface area contributed by atoms with Gasteiger partial charge in [-0.3, -0.25) is 52.7 Å². The van der Waals surface area contributed by atoms with Gasteiger partial charge in [0.05, 0.1) is 6.04 Å². The van der Waals surface area contributed by atoms with E-state index in [1.807, 2.05) is 0 Å². The van der Waals surface area contributed by atoms with Crippen molar-refractivity contribution < 1.29 is 78.0 Å². The third-order valence-corrected chi connectivity index (χ3v) is 12.1. The first-order valence-electron chi connectivity index (χ1n) is 26.9. The van der Waals surface area contributed by atoms with Crippen LogP contribution >= 0.6 is 0 Å². The maximum Gasteiger partial charge on any atom is 0.326 e. The lowest BCUT2D eigenvalue weighted by atomic mass is 9.98. The van der Waals surface area contributed by atoms with Gasteiger partial charge >= 0.3 is 23.9 Å². The standard InChI is InChI=1S/C51H91N11O16/c1-27(2)23-36(59-43(69)31(54)15-18-40(63)64)49(75)61-37(24-28(3)4)47(73)56-33(16-19-41(65)66)45(71)55-32(13-9-11-21-52)44(70)60-39(26-30(7)8)50(76)62-38(25-29(5)6)48(74)57-34(17-20-42(67)68)46(72)58-35(51(77)78)14-10-12-22-53/h27-39H,9-26,52-54H2,1-8H3,(H,55,71)(H,56,73)(H,57,74)(H,58,72)(H,59,69)(H,60,70)(H,61,75)(H,62,76)(H,63,64)(H,65,66)(H,67,68)(H,77,78)/t31-,32-,33-,34-,35-,36-,37-,38-,39-/m0/s1. The minimum atomic E-state index is -1.60. The second-order valence-electron chi connectivity index (χ2n) is 21.3. The predicted octanol–water partition coefficient (Wildman–Crippen LogP) is -0.687. The van der Waals surface area contributed by atoms with Gasteiger partial charge in [0.2, 0.25) is 47.3 Å². The van der Waals surface area contributed by atoms with Crippen molar-refractivity contribution in [3.8, 4) is 0 Å². The number of carboxylic acid groups (broad SMARTS) is 4. The number of nitrogens with one attached hydrogen (secondary N) is 8. The molecule has 0 aliphatic heterocycles. The molecule has 0 aromatic heterocycles. The Kier molecular flexibility index (Phi) is 35.0. The fourth-order valence-corrected chi connectivity index (χ4v) is 7.99. The lowest BCUT2D eigenvalue weighted by Crippen LogP contribution is -2.60. The summed E-state index contributed by atoms with van der Waals surface area (Å²) >= 11 is 0. The molecule has 0 unspecified atom stereocenters. The van der Waals surface area contributed by atoms with Crippen LogP contribution in [-0.2, 0) is 57.5 Å². The molecule has 18 N–H and O–H groups in total. The van der Waals surface area contributed by atoms with Gasteiger partial charge in [0.1, 0.15) is 48.3 Å². The molecule has 0 aromatic carbocycles. The van der Waals surface area contributed by atoms with Gasteiger partial charge in [-0.1, -0.05) is 55.4 Å². The molecule has 0 bridgehead atoms. The summed E-state index contributed by atoms with van der Waals surface area (Å²) in [7, 11) is 0. The molecule has 27 heteroatoms. The third-order valence-electron chi connectivity index (χ3n) is 12.1. The summed E-state index contributed by atoms with van der Waals surface area (Å²) in [6.07, 6.45) is -1.18. The maximum atomic E-state index is 14.3. The van der Waals surface area contributed by atoms with E-state index in [1.54, 1.807) is 55.4 Å². The van der Waals surface area contributed by atoms with Crippen LogP contribution in [0.25, 0.3) is 0 Å². The fourth-order valence-electron chi connectivity index (χ4n) is 7.99. The minimum Gasteiger partial charge on any atom is -0.481 e. The van der Waals surface area contributed by atoms with Gasteiger partial charge in [-0.15, -0.1) is 0 Å². The van der Waals surface area contributed by atoms with Crippen molar-refractivity contribution in [2.45, 2.75) is 212 Å². The zero-order chi connectivity index (χ0) is 59.8. The number of carboxylic acids is 4. The number of amides is 8. The number of unbranched alkanes of at least 4 members (excludes halogenated alkanes) is 2. The van der Waals surface area contributed by atoms with Crippen LogP contribution in [0.5, 0.6) is 0 Å². The highest BCUT2D eigenvalue weighted by atomic mass is 16.4. The Labute approximate surface area is 457 Å². The molecule has 78 heavy (non-hydrogen) atoms. The lowest BCUT2D eigenvalue weighted by Gasteiger charge is -2.29. The van der Waals surface area contributed by atoms with Crippen molar-refractivity contribution in [1.82, 2.24) is 42.5 Å². The normalized spacial score (nSPS) is 14.8. The highest BCUT2D eigenvalue weighted by Crippen LogP contribution is 2.15. The predicted molar refractivity (Wildman–Crippen MR) is 285 cm³/mol. The highest BCUT2D eigenvalue weighted by Gasteiger charge is 2.36. The molecule has 8 amide bonds. The van der Waals surface area contributed by atoms with Crippen molar-refractivity contribution in [3.63, 3.8) is 0 Å². The monoisotopic (exact) mass is 1110 g/mol. The van der Waals surface area contributed by atoms with Gasteiger partial charge in [0.25, 0.3) is 0 Å². The second kappa shape index (κ2) is 38.1. The van der Waals surface area contributed by atoms with Crippen LogP contribution in [0.2, 0.25) is 0 Å². The smallest absolute Gasteiger partial charge is 0.326 e. The van der Waals surface area contributed by atoms with Gasteiger partial charge in [-0.2, -0.15) is 0 Å². The molecule has 0 saturated carbocycles. The number of carbonyl (C=O) groups is 12. The Morgan fingerprint density at radius 1 is 0.321 bits per heavy atom. The zero-order valence-corrected chi connectivity index (χ0v) is 46.7. The van der Waals surface area contributed by atoms with Crippen molar-refractivity contribution in [1.29, 1.82) is 0 Å². The molecule has 0 fully saturated rings. The summed E-state index contributed by atoms with van der Waals surface area (Å²) in [6, 6.07) is -12.4. The molecule has 27 nitrogen and oxygen atoms in total. The van der Waals surface area contributed by atoms with E-state index in [9.17, 15) is 72.9 Å². The van der Waals surface area contributed by atoms with Crippen LogP contribution in [0, 0.1) is 23.7 Å². The summed E-state index contributed by atoms with van der Waals surface area (Å²) in [4.78, 5) is 157. The zero-order valence-electron chi connectivity index (χ0n) is 46.7. The molecular formula is C51H91N11O16. The summed E-state index contributed by atoms with van der Waals surface area (Å²) in [5, 5.41) is 58.2. The van der Waals surface area contributed by atoms with Crippen molar-refractivity contribution in [3.05, 3.63) is 0 Å². The van der Waals surface area contributed by atoms with Gasteiger partial charge in [0, 0.05) is 19.3 Å². The number of aliphatic carboxylic acids is 4. The van der Waals surface area contributed by atoms with Crippen molar-refractivity contribution in [2.75, 3.05) is 13.1 Å². The molecule has 0 radical (unpaired) electrons. The number of hydrogen-bond acceptors (Lipinski definition) is 15. The van der Waals surface area contributed by atoms with E-state index in [-0.39, 0.29) is 88.1 Å². The van der Waals surface area contributed by atoms with Gasteiger partial charge in [0.15, 0.2) is 0 Å². The van der Waals surface area contributed by atoms with E-state index >= 15 is 0 Å². The summed E-state index contributed by atoms with van der Waals surface area (Å²) in [5.74, 6) is -13.1. The van der Waals surface area contributed by atoms with E-state index < -0.39 is 158 Å². The van der Waals surface area contributed by atoms with Gasteiger partial charge < -0.3 is 80.2 Å². The molecule has 0 heterocycles. The Bertz CT molecular complexity index is 1990. The second-order valence-corrected chi connectivity index (χ2v) is 21.3. The van der Waals surface area contributed by atoms with Crippen LogP contribution in [0.15, 0.2) is 0 Å². The molecule has 0 spiro atoms. The minimum absolute atomic E-state index is 0.000912. The number of rotatable bonds is 42. The largest absolute Gasteiger partial charge is 0.481 e. The van der Waals surface area contributed by atoms with E-state index in [4.69, 9.17) is 22.3 Å². The molecular weight excluding hydrogens is 1020 g/mol. The van der Waals surface area contributed by atoms with E-state index in [0.29, 0.717) is 19.3 Å². The Hall–Kier alpha value is -6.48. The van der Waals surface area contributed by atoms with E-state index in [0.717, 1.165) is 0 Å². The first-order valence-corrected chi connectivity index (χ1v) is 26.9. The molecule has 0 aromatic rings. The van der Waals surface area contributed by atoms with Crippen LogP contribution in [-0.4, -0.2) is 159 Å². The number of nitrogens with two attached hydrogens (primary N) is 3. The SMILES string of the molecule is CC(C)C[C@H](NC(=O)[C@H](CC(C)C)NC(=O)[C@H](CCCCN)NC(=O)[C@H](CCC(=O)O)NC(=O)[C@H](CC(C)C)NC(=O)[C@H](CC(C)C)NC(=O)[C@@H](N)CCC(=O)O)C(=O)N[C@@H](CCC(=O)O)C(=O)N[C@@H](CCCCN)C(=O)O. The lowest BCUT2D eigenvalue weighted by molar-refractivity contribution is -0.143. The van der Waals surface area contributed by atoms with Crippen molar-refractivity contribution in [2.24, 2.45) is 40.9 Å². The summed E-state index contributed by atoms with van der Waals surface area (Å²) in [6.45, 7) is 14.5. The topological polar surface area (TPSA) is 460 Å². The van der Waals surface area contributed by atoms with Crippen molar-refractivity contribution >= 4 is 71.1 Å². The quantitative estimate of drug-likeness (QED) is 0.0337. The molecule has 0 rings (SSSR count). The molecule has 0 saturated heterocycles. The maximum absolute atomic E-state index is 14.3. The Morgan fingerprint density at radius 2 is 0.551 bits per heavy atom. The van der Waals surface area contributed by atoms with Gasteiger partial charge in [-0.05, 0) is 120 Å². The van der Waals surface area contributed by atoms with Crippen LogP contribution < -0.4 is 59.7 Å². The third kappa shape index (κ3) is 31.1. The van der Waals surface area contributed by atoms with Crippen LogP contribution in [0.3, 0.4) is 0 Å². The van der Waals surface area contributed by atoms with E-state index in [1.165, 1.54) is 0 Å². The summed E-state index contributed by atoms with van der Waals surface area (Å²) in [5.41, 5.74) is 17.2. The van der Waals surface area contributed by atoms with Crippen LogP contribution in [0.4, 0.5) is 0 Å². The average Bonchev–Trinajstić information content (AvgIpc) is 3.33. The Morgan fingerprint density at radius 3 is 0.821 bits per heavy atom. The highest BCUT2D eigenvalue weighted by molar-refractivity contribution is 5.98. The fraction of sp³-hybridized carbons (Fsp3) is 0.765. The first-order chi connectivity index (χ1) is 36.4.